The maximum atomic E-state index is 12.0. The molecule has 0 aromatic rings. The summed E-state index contributed by atoms with van der Waals surface area (Å²) in [6.07, 6.45) is 1.73. The van der Waals surface area contributed by atoms with Gasteiger partial charge in [0.2, 0.25) is 0 Å². The number of rotatable bonds is 6. The summed E-state index contributed by atoms with van der Waals surface area (Å²) < 4.78 is 36.0. The molecule has 94 valence electrons. The van der Waals surface area contributed by atoms with Gasteiger partial charge in [-0.2, -0.15) is 13.2 Å². The van der Waals surface area contributed by atoms with Gasteiger partial charge in [-0.25, -0.2) is 0 Å². The van der Waals surface area contributed by atoms with Crippen molar-refractivity contribution in [3.8, 4) is 0 Å². The topological polar surface area (TPSA) is 29.1 Å². The van der Waals surface area contributed by atoms with Gasteiger partial charge in [-0.15, -0.1) is 0 Å². The van der Waals surface area contributed by atoms with Crippen LogP contribution in [-0.2, 0) is 4.79 Å². The maximum absolute atomic E-state index is 12.0. The molecule has 0 unspecified atom stereocenters. The molecule has 0 aromatic heterocycles. The van der Waals surface area contributed by atoms with Gasteiger partial charge >= 0.3 is 12.1 Å². The number of carbonyl (C=O) groups is 1. The average molecular weight is 237 g/mol. The highest BCUT2D eigenvalue weighted by atomic mass is 19.4. The Morgan fingerprint density at radius 3 is 2.44 bits per heavy atom. The van der Waals surface area contributed by atoms with Crippen LogP contribution in [0.3, 0.4) is 0 Å². The van der Waals surface area contributed by atoms with Crippen molar-refractivity contribution < 1.29 is 18.0 Å². The predicted molar refractivity (Wildman–Crippen MR) is 56.9 cm³/mol. The van der Waals surface area contributed by atoms with Gasteiger partial charge in [-0.05, 0) is 13.3 Å². The number of hydrogen-bond donors (Lipinski definition) is 1. The third-order valence-corrected chi connectivity index (χ3v) is 2.12. The lowest BCUT2D eigenvalue weighted by atomic mass is 10.1. The van der Waals surface area contributed by atoms with E-state index in [2.05, 4.69) is 0 Å². The van der Waals surface area contributed by atoms with Crippen molar-refractivity contribution in [1.29, 1.82) is 0 Å². The summed E-state index contributed by atoms with van der Waals surface area (Å²) in [7, 11) is 0. The quantitative estimate of drug-likeness (QED) is 0.558. The zero-order chi connectivity index (χ0) is 12.6. The number of halogens is 3. The van der Waals surface area contributed by atoms with Crippen molar-refractivity contribution in [2.45, 2.75) is 51.7 Å². The van der Waals surface area contributed by atoms with Gasteiger partial charge in [0.05, 0.1) is 0 Å². The van der Waals surface area contributed by atoms with Crippen LogP contribution >= 0.6 is 0 Å². The summed E-state index contributed by atoms with van der Waals surface area (Å²) in [4.78, 5) is 10.7. The van der Waals surface area contributed by atoms with Crippen molar-refractivity contribution in [3.63, 3.8) is 0 Å². The van der Waals surface area contributed by atoms with E-state index in [-0.39, 0.29) is 0 Å². The second kappa shape index (κ2) is 7.30. The van der Waals surface area contributed by atoms with Gasteiger partial charge in [0.1, 0.15) is 0 Å². The standard InChI is InChI=1S/C11H18F3NO/c1-3-5-6-8-9(7-4-2)15-10(16)11(12,13)14/h4,7,9H,3,5-6,8H2,1-2H3,(H,15,16)/b7-4+/t9-/m1/s1. The Kier molecular flexibility index (Phi) is 6.85. The van der Waals surface area contributed by atoms with Crippen LogP contribution in [0.4, 0.5) is 13.2 Å². The van der Waals surface area contributed by atoms with Gasteiger partial charge in [-0.1, -0.05) is 38.3 Å². The zero-order valence-electron chi connectivity index (χ0n) is 9.60. The molecule has 1 atom stereocenters. The molecule has 0 fully saturated rings. The first-order valence-electron chi connectivity index (χ1n) is 5.42. The van der Waals surface area contributed by atoms with Crippen molar-refractivity contribution in [3.05, 3.63) is 12.2 Å². The molecule has 0 heterocycles. The lowest BCUT2D eigenvalue weighted by Crippen LogP contribution is -2.42. The summed E-state index contributed by atoms with van der Waals surface area (Å²) in [5.74, 6) is -1.87. The molecule has 0 aromatic carbocycles. The van der Waals surface area contributed by atoms with Crippen LogP contribution in [0.15, 0.2) is 12.2 Å². The fourth-order valence-corrected chi connectivity index (χ4v) is 1.31. The van der Waals surface area contributed by atoms with Gasteiger partial charge in [0, 0.05) is 6.04 Å². The Bertz CT molecular complexity index is 236. The summed E-state index contributed by atoms with van der Waals surface area (Å²) in [5, 5.41) is 1.97. The SMILES string of the molecule is C/C=C/[C@H](CCCCC)NC(=O)C(F)(F)F. The molecule has 0 spiro atoms. The van der Waals surface area contributed by atoms with E-state index >= 15 is 0 Å². The molecular formula is C11H18F3NO. The Balaban J connectivity index is 4.17. The van der Waals surface area contributed by atoms with Crippen molar-refractivity contribution >= 4 is 5.91 Å². The minimum Gasteiger partial charge on any atom is -0.342 e. The van der Waals surface area contributed by atoms with E-state index in [1.807, 2.05) is 12.2 Å². The van der Waals surface area contributed by atoms with E-state index in [0.29, 0.717) is 6.42 Å². The Morgan fingerprint density at radius 2 is 2.00 bits per heavy atom. The highest BCUT2D eigenvalue weighted by Crippen LogP contribution is 2.15. The number of amides is 1. The molecule has 5 heteroatoms. The Hall–Kier alpha value is -1.00. The first-order valence-corrected chi connectivity index (χ1v) is 5.42. The van der Waals surface area contributed by atoms with Crippen molar-refractivity contribution in [2.75, 3.05) is 0 Å². The van der Waals surface area contributed by atoms with Gasteiger partial charge < -0.3 is 5.32 Å². The van der Waals surface area contributed by atoms with Crippen LogP contribution in [0.5, 0.6) is 0 Å². The molecule has 0 aliphatic heterocycles. The fourth-order valence-electron chi connectivity index (χ4n) is 1.31. The summed E-state index contributed by atoms with van der Waals surface area (Å²) in [5.41, 5.74) is 0. The molecule has 1 amide bonds. The molecular weight excluding hydrogens is 219 g/mol. The van der Waals surface area contributed by atoms with Gasteiger partial charge in [-0.3, -0.25) is 4.79 Å². The van der Waals surface area contributed by atoms with Crippen molar-refractivity contribution in [1.82, 2.24) is 5.32 Å². The van der Waals surface area contributed by atoms with Crippen LogP contribution in [-0.4, -0.2) is 18.1 Å². The monoisotopic (exact) mass is 237 g/mol. The van der Waals surface area contributed by atoms with Gasteiger partial charge in [0.15, 0.2) is 0 Å². The van der Waals surface area contributed by atoms with E-state index in [4.69, 9.17) is 0 Å². The lowest BCUT2D eigenvalue weighted by Gasteiger charge is -2.16. The molecule has 0 saturated heterocycles. The molecule has 0 aliphatic rings. The van der Waals surface area contributed by atoms with E-state index in [1.54, 1.807) is 19.1 Å². The second-order valence-corrected chi connectivity index (χ2v) is 3.60. The number of carbonyl (C=O) groups excluding carboxylic acids is 1. The molecule has 2 nitrogen and oxygen atoms in total. The summed E-state index contributed by atoms with van der Waals surface area (Å²) in [6.45, 7) is 3.73. The number of nitrogens with one attached hydrogen (secondary N) is 1. The molecule has 0 aliphatic carbocycles. The van der Waals surface area contributed by atoms with Crippen LogP contribution in [0.2, 0.25) is 0 Å². The zero-order valence-corrected chi connectivity index (χ0v) is 9.60. The van der Waals surface area contributed by atoms with E-state index in [9.17, 15) is 18.0 Å². The number of hydrogen-bond acceptors (Lipinski definition) is 1. The molecule has 16 heavy (non-hydrogen) atoms. The number of alkyl halides is 3. The van der Waals surface area contributed by atoms with Crippen LogP contribution in [0.25, 0.3) is 0 Å². The van der Waals surface area contributed by atoms with Crippen molar-refractivity contribution in [2.24, 2.45) is 0 Å². The van der Waals surface area contributed by atoms with E-state index < -0.39 is 18.1 Å². The molecule has 0 radical (unpaired) electrons. The molecule has 1 N–H and O–H groups in total. The largest absolute Gasteiger partial charge is 0.471 e. The highest BCUT2D eigenvalue weighted by molar-refractivity contribution is 5.82. The Morgan fingerprint density at radius 1 is 1.38 bits per heavy atom. The van der Waals surface area contributed by atoms with Crippen LogP contribution in [0.1, 0.15) is 39.5 Å². The van der Waals surface area contributed by atoms with Crippen LogP contribution in [0, 0.1) is 0 Å². The molecule has 0 saturated carbocycles. The average Bonchev–Trinajstić information content (AvgIpc) is 2.16. The number of unbranched alkanes of at least 4 members (excludes halogenated alkanes) is 2. The number of allylic oxidation sites excluding steroid dienone is 1. The smallest absolute Gasteiger partial charge is 0.342 e. The molecule has 0 rings (SSSR count). The fraction of sp³-hybridized carbons (Fsp3) is 0.727. The highest BCUT2D eigenvalue weighted by Gasteiger charge is 2.39. The predicted octanol–water partition coefficient (Wildman–Crippen LogP) is 3.19. The summed E-state index contributed by atoms with van der Waals surface area (Å²) in [6, 6.07) is -0.523. The van der Waals surface area contributed by atoms with E-state index in [1.165, 1.54) is 0 Å². The first-order chi connectivity index (χ1) is 7.41. The second-order valence-electron chi connectivity index (χ2n) is 3.60. The minimum absolute atomic E-state index is 0.523. The summed E-state index contributed by atoms with van der Waals surface area (Å²) >= 11 is 0. The normalized spacial score (nSPS) is 14.1. The van der Waals surface area contributed by atoms with Gasteiger partial charge in [0.25, 0.3) is 0 Å². The first kappa shape index (κ1) is 15.0. The third kappa shape index (κ3) is 6.48. The van der Waals surface area contributed by atoms with Crippen LogP contribution < -0.4 is 5.32 Å². The lowest BCUT2D eigenvalue weighted by molar-refractivity contribution is -0.174. The minimum atomic E-state index is -4.80. The molecule has 0 bridgehead atoms. The third-order valence-electron chi connectivity index (χ3n) is 2.12. The van der Waals surface area contributed by atoms with E-state index in [0.717, 1.165) is 19.3 Å². The maximum Gasteiger partial charge on any atom is 0.471 e. The Labute approximate surface area is 93.9 Å².